The van der Waals surface area contributed by atoms with Crippen LogP contribution in [0.1, 0.15) is 34.3 Å². The number of rotatable bonds is 2. The average Bonchev–Trinajstić information content (AvgIpc) is 2.65. The van der Waals surface area contributed by atoms with Crippen LogP contribution in [0.3, 0.4) is 0 Å². The highest BCUT2D eigenvalue weighted by atomic mass is 79.9. The van der Waals surface area contributed by atoms with E-state index >= 15 is 0 Å². The van der Waals surface area contributed by atoms with Crippen molar-refractivity contribution in [2.75, 3.05) is 18.4 Å². The first kappa shape index (κ1) is 18.0. The number of amides is 2. The number of carbonyl (C=O) groups is 2. The lowest BCUT2D eigenvalue weighted by Gasteiger charge is -2.46. The molecule has 6 heteroatoms. The highest BCUT2D eigenvalue weighted by Gasteiger charge is 2.40. The largest absolute Gasteiger partial charge is 0.362 e. The number of anilines is 1. The molecule has 0 radical (unpaired) electrons. The fourth-order valence-corrected chi connectivity index (χ4v) is 4.13. The van der Waals surface area contributed by atoms with Gasteiger partial charge >= 0.3 is 0 Å². The number of carbonyl (C=O) groups excluding carboxylic acids is 2. The van der Waals surface area contributed by atoms with Crippen LogP contribution in [-0.2, 0) is 11.2 Å². The van der Waals surface area contributed by atoms with Crippen LogP contribution in [-0.4, -0.2) is 35.5 Å². The molecule has 1 spiro atoms. The van der Waals surface area contributed by atoms with Crippen molar-refractivity contribution in [2.45, 2.75) is 31.8 Å². The summed E-state index contributed by atoms with van der Waals surface area (Å²) in [6.07, 6.45) is 1.80. The number of fused-ring (bicyclic) bond motifs is 1. The third-order valence-corrected chi connectivity index (χ3v) is 5.89. The first-order valence-corrected chi connectivity index (χ1v) is 9.97. The Morgan fingerprint density at radius 2 is 1.81 bits per heavy atom. The molecule has 2 aromatic rings. The molecule has 5 nitrogen and oxygen atoms in total. The Labute approximate surface area is 167 Å². The van der Waals surface area contributed by atoms with Crippen LogP contribution < -0.4 is 10.6 Å². The van der Waals surface area contributed by atoms with Crippen molar-refractivity contribution in [3.8, 4) is 0 Å². The van der Waals surface area contributed by atoms with Crippen LogP contribution >= 0.6 is 15.9 Å². The van der Waals surface area contributed by atoms with E-state index in [1.54, 1.807) is 0 Å². The summed E-state index contributed by atoms with van der Waals surface area (Å²) in [6, 6.07) is 13.8. The van der Waals surface area contributed by atoms with Crippen LogP contribution in [0.15, 0.2) is 46.9 Å². The second-order valence-electron chi connectivity index (χ2n) is 7.39. The maximum absolute atomic E-state index is 12.6. The summed E-state index contributed by atoms with van der Waals surface area (Å²) in [5.74, 6) is 0.0738. The summed E-state index contributed by atoms with van der Waals surface area (Å²) in [7, 11) is 0. The van der Waals surface area contributed by atoms with Gasteiger partial charge in [-0.2, -0.15) is 0 Å². The summed E-state index contributed by atoms with van der Waals surface area (Å²) < 4.78 is 0.880. The van der Waals surface area contributed by atoms with Gasteiger partial charge in [0.2, 0.25) is 5.91 Å². The maximum atomic E-state index is 12.6. The number of likely N-dealkylation sites (tertiary alicyclic amines) is 1. The topological polar surface area (TPSA) is 61.4 Å². The second kappa shape index (κ2) is 7.00. The number of halogens is 1. The van der Waals surface area contributed by atoms with Crippen LogP contribution in [0.25, 0.3) is 0 Å². The molecule has 2 N–H and O–H groups in total. The Hall–Kier alpha value is -2.34. The number of hydrogen-bond acceptors (Lipinski definition) is 3. The zero-order valence-corrected chi connectivity index (χ0v) is 16.8. The summed E-state index contributed by atoms with van der Waals surface area (Å²) in [4.78, 5) is 27.1. The molecule has 140 valence electrons. The van der Waals surface area contributed by atoms with E-state index in [1.165, 1.54) is 5.56 Å². The normalized spacial score (nSPS) is 17.9. The molecule has 27 heavy (non-hydrogen) atoms. The minimum atomic E-state index is -0.474. The molecule has 0 aliphatic carbocycles. The molecule has 0 saturated carbocycles. The van der Waals surface area contributed by atoms with Crippen molar-refractivity contribution < 1.29 is 9.59 Å². The van der Waals surface area contributed by atoms with Crippen molar-refractivity contribution in [3.05, 3.63) is 63.6 Å². The Bertz CT molecular complexity index is 887. The van der Waals surface area contributed by atoms with Gasteiger partial charge in [0.25, 0.3) is 5.91 Å². The molecule has 2 heterocycles. The number of aryl methyl sites for hydroxylation is 1. The van der Waals surface area contributed by atoms with Gasteiger partial charge in [-0.25, -0.2) is 0 Å². The SMILES string of the molecule is Cc1ccc(CC(=O)N2CCC3(CC2)NC(=O)c2cc(Br)ccc2N3)cc1. The number of benzene rings is 2. The van der Waals surface area contributed by atoms with Gasteiger partial charge in [-0.05, 0) is 30.7 Å². The molecule has 0 bridgehead atoms. The lowest BCUT2D eigenvalue weighted by atomic mass is 9.92. The van der Waals surface area contributed by atoms with Gasteiger partial charge in [0, 0.05) is 36.1 Å². The zero-order valence-electron chi connectivity index (χ0n) is 15.2. The van der Waals surface area contributed by atoms with Crippen molar-refractivity contribution in [3.63, 3.8) is 0 Å². The predicted octanol–water partition coefficient (Wildman–Crippen LogP) is 3.47. The van der Waals surface area contributed by atoms with E-state index in [0.717, 1.165) is 15.7 Å². The highest BCUT2D eigenvalue weighted by molar-refractivity contribution is 9.10. The molecule has 4 rings (SSSR count). The number of nitrogens with one attached hydrogen (secondary N) is 2. The fourth-order valence-electron chi connectivity index (χ4n) is 3.77. The summed E-state index contributed by atoms with van der Waals surface area (Å²) in [5.41, 5.74) is 3.25. The van der Waals surface area contributed by atoms with Gasteiger partial charge in [0.1, 0.15) is 5.66 Å². The molecule has 0 aromatic heterocycles. The van der Waals surface area contributed by atoms with Crippen molar-refractivity contribution in [1.82, 2.24) is 10.2 Å². The van der Waals surface area contributed by atoms with E-state index < -0.39 is 5.66 Å². The lowest BCUT2D eigenvalue weighted by Crippen LogP contribution is -2.62. The van der Waals surface area contributed by atoms with Gasteiger partial charge in [-0.15, -0.1) is 0 Å². The van der Waals surface area contributed by atoms with Gasteiger partial charge in [0.15, 0.2) is 0 Å². The zero-order chi connectivity index (χ0) is 19.0. The predicted molar refractivity (Wildman–Crippen MR) is 109 cm³/mol. The van der Waals surface area contributed by atoms with E-state index in [-0.39, 0.29) is 11.8 Å². The summed E-state index contributed by atoms with van der Waals surface area (Å²) in [5, 5.41) is 6.62. The standard InChI is InChI=1S/C21H22BrN3O2/c1-14-2-4-15(5-3-14)12-19(26)25-10-8-21(9-11-25)23-18-7-6-16(22)13-17(18)20(27)24-21/h2-7,13,23H,8-12H2,1H3,(H,24,27). The van der Waals surface area contributed by atoms with Gasteiger partial charge in [-0.1, -0.05) is 45.8 Å². The summed E-state index contributed by atoms with van der Waals surface area (Å²) >= 11 is 3.41. The molecule has 0 unspecified atom stereocenters. The molecule has 2 aliphatic rings. The van der Waals surface area contributed by atoms with Gasteiger partial charge in [0.05, 0.1) is 12.0 Å². The summed E-state index contributed by atoms with van der Waals surface area (Å²) in [6.45, 7) is 3.30. The highest BCUT2D eigenvalue weighted by Crippen LogP contribution is 2.32. The van der Waals surface area contributed by atoms with E-state index in [2.05, 4.69) is 26.6 Å². The monoisotopic (exact) mass is 427 g/mol. The lowest BCUT2D eigenvalue weighted by molar-refractivity contribution is -0.132. The van der Waals surface area contributed by atoms with Crippen LogP contribution in [0.4, 0.5) is 5.69 Å². The Morgan fingerprint density at radius 3 is 2.52 bits per heavy atom. The molecular formula is C21H22BrN3O2. The second-order valence-corrected chi connectivity index (χ2v) is 8.31. The number of hydrogen-bond donors (Lipinski definition) is 2. The smallest absolute Gasteiger partial charge is 0.255 e. The molecule has 2 aromatic carbocycles. The van der Waals surface area contributed by atoms with E-state index in [4.69, 9.17) is 0 Å². The van der Waals surface area contributed by atoms with E-state index in [0.29, 0.717) is 37.9 Å². The van der Waals surface area contributed by atoms with E-state index in [1.807, 2.05) is 54.3 Å². The molecule has 2 amide bonds. The third-order valence-electron chi connectivity index (χ3n) is 5.40. The molecule has 0 atom stereocenters. The molecular weight excluding hydrogens is 406 g/mol. The van der Waals surface area contributed by atoms with E-state index in [9.17, 15) is 9.59 Å². The third kappa shape index (κ3) is 3.72. The Balaban J connectivity index is 1.41. The number of nitrogens with zero attached hydrogens (tertiary/aromatic N) is 1. The molecule has 2 aliphatic heterocycles. The minimum Gasteiger partial charge on any atom is -0.362 e. The molecule has 1 saturated heterocycles. The maximum Gasteiger partial charge on any atom is 0.255 e. The van der Waals surface area contributed by atoms with Crippen molar-refractivity contribution in [1.29, 1.82) is 0 Å². The minimum absolute atomic E-state index is 0.0653. The van der Waals surface area contributed by atoms with Crippen LogP contribution in [0, 0.1) is 6.92 Å². The number of piperidine rings is 1. The van der Waals surface area contributed by atoms with Crippen molar-refractivity contribution >= 4 is 33.4 Å². The van der Waals surface area contributed by atoms with Gasteiger partial charge in [-0.3, -0.25) is 9.59 Å². The Morgan fingerprint density at radius 1 is 1.11 bits per heavy atom. The average molecular weight is 428 g/mol. The first-order chi connectivity index (χ1) is 12.9. The first-order valence-electron chi connectivity index (χ1n) is 9.18. The fraction of sp³-hybridized carbons (Fsp3) is 0.333. The van der Waals surface area contributed by atoms with Crippen molar-refractivity contribution in [2.24, 2.45) is 0 Å². The Kier molecular flexibility index (Phi) is 4.68. The quantitative estimate of drug-likeness (QED) is 0.770. The molecule has 1 fully saturated rings. The van der Waals surface area contributed by atoms with Crippen LogP contribution in [0.2, 0.25) is 0 Å². The van der Waals surface area contributed by atoms with Gasteiger partial charge < -0.3 is 15.5 Å². The van der Waals surface area contributed by atoms with Crippen LogP contribution in [0.5, 0.6) is 0 Å².